The number of rotatable bonds is 3. The minimum absolute atomic E-state index is 0.265. The van der Waals surface area contributed by atoms with Gasteiger partial charge in [0.05, 0.1) is 16.1 Å². The molecule has 0 saturated carbocycles. The van der Waals surface area contributed by atoms with Gasteiger partial charge in [-0.05, 0) is 31.2 Å². The van der Waals surface area contributed by atoms with Crippen molar-refractivity contribution in [3.05, 3.63) is 33.8 Å². The Morgan fingerprint density at radius 2 is 2.10 bits per heavy atom. The van der Waals surface area contributed by atoms with Gasteiger partial charge in [-0.15, -0.1) is 0 Å². The quantitative estimate of drug-likeness (QED) is 0.854. The van der Waals surface area contributed by atoms with Gasteiger partial charge in [0, 0.05) is 25.7 Å². The molecule has 0 aromatic heterocycles. The van der Waals surface area contributed by atoms with Crippen LogP contribution in [0.4, 0.5) is 0 Å². The zero-order valence-electron chi connectivity index (χ0n) is 11.8. The molecule has 2 rings (SSSR count). The van der Waals surface area contributed by atoms with Gasteiger partial charge >= 0.3 is 0 Å². The summed E-state index contributed by atoms with van der Waals surface area (Å²) in [7, 11) is 0. The SMILES string of the molecule is CCN1CCN(C(C#N)c2ccc(Cl)c(Cl)c2)C(C)C1. The molecule has 5 heteroatoms. The van der Waals surface area contributed by atoms with Crippen LogP contribution in [0.2, 0.25) is 10.0 Å². The highest BCUT2D eigenvalue weighted by Crippen LogP contribution is 2.30. The monoisotopic (exact) mass is 311 g/mol. The lowest BCUT2D eigenvalue weighted by molar-refractivity contribution is 0.0683. The molecule has 1 fully saturated rings. The minimum atomic E-state index is -0.265. The Labute approximate surface area is 130 Å². The minimum Gasteiger partial charge on any atom is -0.301 e. The molecule has 3 nitrogen and oxygen atoms in total. The molecule has 108 valence electrons. The molecule has 0 N–H and O–H groups in total. The van der Waals surface area contributed by atoms with Crippen LogP contribution in [0.1, 0.15) is 25.5 Å². The molecule has 1 saturated heterocycles. The van der Waals surface area contributed by atoms with E-state index in [9.17, 15) is 5.26 Å². The van der Waals surface area contributed by atoms with E-state index in [0.717, 1.165) is 31.7 Å². The van der Waals surface area contributed by atoms with Crippen molar-refractivity contribution in [1.29, 1.82) is 5.26 Å². The third-order valence-corrected chi connectivity index (χ3v) is 4.66. The van der Waals surface area contributed by atoms with E-state index in [1.54, 1.807) is 12.1 Å². The number of halogens is 2. The van der Waals surface area contributed by atoms with Crippen molar-refractivity contribution in [2.45, 2.75) is 25.9 Å². The van der Waals surface area contributed by atoms with Crippen molar-refractivity contribution in [2.75, 3.05) is 26.2 Å². The molecule has 0 spiro atoms. The molecule has 1 heterocycles. The van der Waals surface area contributed by atoms with E-state index in [4.69, 9.17) is 23.2 Å². The van der Waals surface area contributed by atoms with Gasteiger partial charge in [0.1, 0.15) is 6.04 Å². The second-order valence-corrected chi connectivity index (χ2v) is 6.00. The summed E-state index contributed by atoms with van der Waals surface area (Å²) in [6, 6.07) is 7.94. The Kier molecular flexibility index (Phi) is 5.29. The molecule has 2 atom stereocenters. The average Bonchev–Trinajstić information content (AvgIpc) is 2.45. The van der Waals surface area contributed by atoms with Crippen molar-refractivity contribution in [1.82, 2.24) is 9.80 Å². The van der Waals surface area contributed by atoms with Crippen LogP contribution in [0.15, 0.2) is 18.2 Å². The Morgan fingerprint density at radius 3 is 2.65 bits per heavy atom. The largest absolute Gasteiger partial charge is 0.301 e. The van der Waals surface area contributed by atoms with Gasteiger partial charge in [-0.2, -0.15) is 5.26 Å². The zero-order chi connectivity index (χ0) is 14.7. The van der Waals surface area contributed by atoms with E-state index >= 15 is 0 Å². The first-order valence-corrected chi connectivity index (χ1v) is 7.65. The first-order valence-electron chi connectivity index (χ1n) is 6.89. The Bertz CT molecular complexity index is 512. The highest BCUT2D eigenvalue weighted by atomic mass is 35.5. The van der Waals surface area contributed by atoms with Gasteiger partial charge in [0.25, 0.3) is 0 Å². The van der Waals surface area contributed by atoms with Crippen LogP contribution in [0.3, 0.4) is 0 Å². The topological polar surface area (TPSA) is 30.3 Å². The Balaban J connectivity index is 2.20. The molecule has 1 aliphatic rings. The zero-order valence-corrected chi connectivity index (χ0v) is 13.3. The molecule has 1 aromatic rings. The van der Waals surface area contributed by atoms with Crippen LogP contribution in [0.25, 0.3) is 0 Å². The van der Waals surface area contributed by atoms with Gasteiger partial charge in [-0.1, -0.05) is 36.2 Å². The summed E-state index contributed by atoms with van der Waals surface area (Å²) in [4.78, 5) is 4.65. The third kappa shape index (κ3) is 3.27. The van der Waals surface area contributed by atoms with Crippen molar-refractivity contribution in [2.24, 2.45) is 0 Å². The van der Waals surface area contributed by atoms with Gasteiger partial charge in [0.15, 0.2) is 0 Å². The van der Waals surface area contributed by atoms with E-state index in [1.807, 2.05) is 6.07 Å². The van der Waals surface area contributed by atoms with Gasteiger partial charge in [0.2, 0.25) is 0 Å². The van der Waals surface area contributed by atoms with E-state index in [0.29, 0.717) is 16.1 Å². The molecule has 0 aliphatic carbocycles. The normalized spacial score (nSPS) is 22.4. The maximum atomic E-state index is 9.55. The first-order chi connectivity index (χ1) is 9.56. The number of benzene rings is 1. The fraction of sp³-hybridized carbons (Fsp3) is 0.533. The van der Waals surface area contributed by atoms with Crippen LogP contribution >= 0.6 is 23.2 Å². The number of hydrogen-bond donors (Lipinski definition) is 0. The summed E-state index contributed by atoms with van der Waals surface area (Å²) < 4.78 is 0. The summed E-state index contributed by atoms with van der Waals surface area (Å²) in [6.45, 7) is 8.29. The van der Waals surface area contributed by atoms with E-state index in [2.05, 4.69) is 29.7 Å². The molecule has 0 radical (unpaired) electrons. The number of hydrogen-bond acceptors (Lipinski definition) is 3. The number of piperazine rings is 1. The van der Waals surface area contributed by atoms with Crippen LogP contribution < -0.4 is 0 Å². The van der Waals surface area contributed by atoms with E-state index < -0.39 is 0 Å². The molecule has 1 aliphatic heterocycles. The molecule has 1 aromatic carbocycles. The van der Waals surface area contributed by atoms with Crippen LogP contribution in [0.5, 0.6) is 0 Å². The lowest BCUT2D eigenvalue weighted by Crippen LogP contribution is -2.52. The maximum Gasteiger partial charge on any atom is 0.124 e. The standard InChI is InChI=1S/C15H19Cl2N3/c1-3-19-6-7-20(11(2)10-19)15(9-18)12-4-5-13(16)14(17)8-12/h4-5,8,11,15H,3,6-7,10H2,1-2H3. The second-order valence-electron chi connectivity index (χ2n) is 5.19. The number of likely N-dealkylation sites (N-methyl/N-ethyl adjacent to an activating group) is 1. The van der Waals surface area contributed by atoms with Crippen molar-refractivity contribution in [3.63, 3.8) is 0 Å². The lowest BCUT2D eigenvalue weighted by Gasteiger charge is -2.41. The van der Waals surface area contributed by atoms with E-state index in [-0.39, 0.29) is 6.04 Å². The molecule has 0 bridgehead atoms. The highest BCUT2D eigenvalue weighted by molar-refractivity contribution is 6.42. The molecule has 2 unspecified atom stereocenters. The molecule has 0 amide bonds. The molecular weight excluding hydrogens is 293 g/mol. The van der Waals surface area contributed by atoms with Gasteiger partial charge < -0.3 is 4.90 Å². The van der Waals surface area contributed by atoms with Crippen LogP contribution in [-0.2, 0) is 0 Å². The van der Waals surface area contributed by atoms with Gasteiger partial charge in [-0.3, -0.25) is 4.90 Å². The first kappa shape index (κ1) is 15.6. The summed E-state index contributed by atoms with van der Waals surface area (Å²) >= 11 is 12.0. The second kappa shape index (κ2) is 6.78. The number of nitriles is 1. The highest BCUT2D eigenvalue weighted by Gasteiger charge is 2.29. The summed E-state index contributed by atoms with van der Waals surface area (Å²) in [6.07, 6.45) is 0. The molecular formula is C15H19Cl2N3. The van der Waals surface area contributed by atoms with Crippen molar-refractivity contribution < 1.29 is 0 Å². The fourth-order valence-corrected chi connectivity index (χ4v) is 3.05. The summed E-state index contributed by atoms with van der Waals surface area (Å²) in [5, 5.41) is 10.6. The predicted molar refractivity (Wildman–Crippen MR) is 83.1 cm³/mol. The lowest BCUT2D eigenvalue weighted by atomic mass is 10.0. The third-order valence-electron chi connectivity index (χ3n) is 3.92. The van der Waals surface area contributed by atoms with E-state index in [1.165, 1.54) is 0 Å². The average molecular weight is 312 g/mol. The number of nitrogens with zero attached hydrogens (tertiary/aromatic N) is 3. The van der Waals surface area contributed by atoms with Crippen molar-refractivity contribution >= 4 is 23.2 Å². The van der Waals surface area contributed by atoms with Crippen molar-refractivity contribution in [3.8, 4) is 6.07 Å². The molecule has 20 heavy (non-hydrogen) atoms. The predicted octanol–water partition coefficient (Wildman–Crippen LogP) is 3.58. The summed E-state index contributed by atoms with van der Waals surface area (Å²) in [5.41, 5.74) is 0.915. The smallest absolute Gasteiger partial charge is 0.124 e. The Hall–Kier alpha value is -0.790. The maximum absolute atomic E-state index is 9.55. The summed E-state index contributed by atoms with van der Waals surface area (Å²) in [5.74, 6) is 0. The van der Waals surface area contributed by atoms with Crippen LogP contribution in [-0.4, -0.2) is 42.0 Å². The van der Waals surface area contributed by atoms with Crippen LogP contribution in [0, 0.1) is 11.3 Å². The van der Waals surface area contributed by atoms with Gasteiger partial charge in [-0.25, -0.2) is 0 Å². The Morgan fingerprint density at radius 1 is 1.35 bits per heavy atom. The fourth-order valence-electron chi connectivity index (χ4n) is 2.74.